The van der Waals surface area contributed by atoms with Crippen molar-refractivity contribution in [3.8, 4) is 5.75 Å². The van der Waals surface area contributed by atoms with E-state index in [1.165, 1.54) is 0 Å². The first-order valence-corrected chi connectivity index (χ1v) is 8.19. The SMILES string of the molecule is O=C(COc1ccc(Br)cc1Br)c1cc(Cl)sc1Cl. The molecule has 0 fully saturated rings. The normalized spacial score (nSPS) is 10.5. The molecule has 0 radical (unpaired) electrons. The molecule has 0 saturated carbocycles. The molecule has 0 N–H and O–H groups in total. The summed E-state index contributed by atoms with van der Waals surface area (Å²) >= 11 is 19.6. The summed E-state index contributed by atoms with van der Waals surface area (Å²) in [6.07, 6.45) is 0. The van der Waals surface area contributed by atoms with Gasteiger partial charge in [-0.25, -0.2) is 0 Å². The molecular formula is C12H6Br2Cl2O2S. The van der Waals surface area contributed by atoms with Crippen molar-refractivity contribution in [3.05, 3.63) is 47.4 Å². The number of hydrogen-bond acceptors (Lipinski definition) is 3. The summed E-state index contributed by atoms with van der Waals surface area (Å²) in [6.45, 7) is -0.0903. The second-order valence-corrected chi connectivity index (χ2v) is 7.58. The Bertz CT molecular complexity index is 628. The number of carbonyl (C=O) groups is 1. The molecule has 0 amide bonds. The van der Waals surface area contributed by atoms with Crippen LogP contribution in [0.1, 0.15) is 10.4 Å². The van der Waals surface area contributed by atoms with E-state index in [0.717, 1.165) is 20.3 Å². The van der Waals surface area contributed by atoms with Crippen LogP contribution in [0, 0.1) is 0 Å². The summed E-state index contributed by atoms with van der Waals surface area (Å²) in [5.74, 6) is 0.386. The van der Waals surface area contributed by atoms with Crippen molar-refractivity contribution in [2.45, 2.75) is 0 Å². The molecule has 0 spiro atoms. The number of ketones is 1. The Kier molecular flexibility index (Phi) is 5.31. The Morgan fingerprint density at radius 3 is 2.58 bits per heavy atom. The van der Waals surface area contributed by atoms with Gasteiger partial charge in [-0.05, 0) is 40.2 Å². The highest BCUT2D eigenvalue weighted by Gasteiger charge is 2.15. The predicted molar refractivity (Wildman–Crippen MR) is 86.0 cm³/mol. The van der Waals surface area contributed by atoms with Gasteiger partial charge in [0.1, 0.15) is 10.1 Å². The van der Waals surface area contributed by atoms with Crippen LogP contribution < -0.4 is 4.74 Å². The van der Waals surface area contributed by atoms with Crippen molar-refractivity contribution in [2.24, 2.45) is 0 Å². The summed E-state index contributed by atoms with van der Waals surface area (Å²) in [5.41, 5.74) is 0.393. The minimum Gasteiger partial charge on any atom is -0.484 e. The minimum atomic E-state index is -0.206. The zero-order chi connectivity index (χ0) is 14.0. The topological polar surface area (TPSA) is 26.3 Å². The van der Waals surface area contributed by atoms with E-state index in [1.54, 1.807) is 12.1 Å². The standard InChI is InChI=1S/C12H6Br2Cl2O2S/c13-6-1-2-10(8(14)3-6)18-5-9(17)7-4-11(15)19-12(7)16/h1-4H,5H2. The molecule has 2 rings (SSSR count). The van der Waals surface area contributed by atoms with Crippen LogP contribution in [0.2, 0.25) is 8.67 Å². The fourth-order valence-electron chi connectivity index (χ4n) is 1.34. The zero-order valence-corrected chi connectivity index (χ0v) is 14.8. The molecule has 2 aromatic rings. The van der Waals surface area contributed by atoms with Crippen LogP contribution in [0.3, 0.4) is 0 Å². The van der Waals surface area contributed by atoms with Crippen molar-refractivity contribution in [1.29, 1.82) is 0 Å². The van der Waals surface area contributed by atoms with Gasteiger partial charge < -0.3 is 4.74 Å². The van der Waals surface area contributed by atoms with Gasteiger partial charge in [0, 0.05) is 4.47 Å². The summed E-state index contributed by atoms with van der Waals surface area (Å²) in [5, 5.41) is 0. The van der Waals surface area contributed by atoms with E-state index in [4.69, 9.17) is 27.9 Å². The maximum Gasteiger partial charge on any atom is 0.202 e. The van der Waals surface area contributed by atoms with Gasteiger partial charge in [0.25, 0.3) is 0 Å². The average Bonchev–Trinajstić information content (AvgIpc) is 2.67. The van der Waals surface area contributed by atoms with E-state index in [1.807, 2.05) is 12.1 Å². The minimum absolute atomic E-state index is 0.0903. The third-order valence-corrected chi connectivity index (χ3v) is 4.81. The molecule has 0 atom stereocenters. The molecule has 0 saturated heterocycles. The lowest BCUT2D eigenvalue weighted by Crippen LogP contribution is -2.11. The zero-order valence-electron chi connectivity index (χ0n) is 9.25. The lowest BCUT2D eigenvalue weighted by atomic mass is 10.2. The van der Waals surface area contributed by atoms with Crippen LogP contribution in [0.15, 0.2) is 33.2 Å². The number of halogens is 4. The summed E-state index contributed by atoms with van der Waals surface area (Å²) in [7, 11) is 0. The van der Waals surface area contributed by atoms with E-state index in [-0.39, 0.29) is 12.4 Å². The largest absolute Gasteiger partial charge is 0.484 e. The molecule has 2 nitrogen and oxygen atoms in total. The van der Waals surface area contributed by atoms with E-state index in [9.17, 15) is 4.79 Å². The van der Waals surface area contributed by atoms with Gasteiger partial charge in [0.2, 0.25) is 5.78 Å². The van der Waals surface area contributed by atoms with E-state index in [2.05, 4.69) is 31.9 Å². The van der Waals surface area contributed by atoms with Gasteiger partial charge >= 0.3 is 0 Å². The van der Waals surface area contributed by atoms with Gasteiger partial charge in [0.15, 0.2) is 6.61 Å². The number of thiophene rings is 1. The quantitative estimate of drug-likeness (QED) is 0.553. The van der Waals surface area contributed by atoms with Gasteiger partial charge in [-0.15, -0.1) is 11.3 Å². The highest BCUT2D eigenvalue weighted by atomic mass is 79.9. The second-order valence-electron chi connectivity index (χ2n) is 3.52. The Morgan fingerprint density at radius 2 is 2.00 bits per heavy atom. The highest BCUT2D eigenvalue weighted by Crippen LogP contribution is 2.32. The number of hydrogen-bond donors (Lipinski definition) is 0. The van der Waals surface area contributed by atoms with Gasteiger partial charge in [0.05, 0.1) is 14.4 Å². The van der Waals surface area contributed by atoms with Gasteiger partial charge in [-0.3, -0.25) is 4.79 Å². The van der Waals surface area contributed by atoms with Gasteiger partial charge in [-0.2, -0.15) is 0 Å². The molecule has 0 unspecified atom stereocenters. The summed E-state index contributed by atoms with van der Waals surface area (Å²) in [6, 6.07) is 6.99. The molecule has 0 bridgehead atoms. The van der Waals surface area contributed by atoms with Crippen LogP contribution in [-0.2, 0) is 0 Å². The third-order valence-electron chi connectivity index (χ3n) is 2.21. The van der Waals surface area contributed by atoms with Crippen molar-refractivity contribution >= 4 is 72.2 Å². The number of benzene rings is 1. The van der Waals surface area contributed by atoms with E-state index >= 15 is 0 Å². The van der Waals surface area contributed by atoms with Crippen LogP contribution in [0.4, 0.5) is 0 Å². The van der Waals surface area contributed by atoms with E-state index in [0.29, 0.717) is 20.0 Å². The van der Waals surface area contributed by atoms with Crippen LogP contribution in [0.25, 0.3) is 0 Å². The average molecular weight is 445 g/mol. The van der Waals surface area contributed by atoms with E-state index < -0.39 is 0 Å². The monoisotopic (exact) mass is 442 g/mol. The molecule has 0 aliphatic heterocycles. The number of carbonyl (C=O) groups excluding carboxylic acids is 1. The van der Waals surface area contributed by atoms with Crippen LogP contribution in [0.5, 0.6) is 5.75 Å². The smallest absolute Gasteiger partial charge is 0.202 e. The van der Waals surface area contributed by atoms with Crippen LogP contribution in [-0.4, -0.2) is 12.4 Å². The van der Waals surface area contributed by atoms with Crippen molar-refractivity contribution in [2.75, 3.05) is 6.61 Å². The fraction of sp³-hybridized carbons (Fsp3) is 0.0833. The Labute approximate surface area is 140 Å². The second kappa shape index (κ2) is 6.59. The summed E-state index contributed by atoms with van der Waals surface area (Å²) in [4.78, 5) is 11.9. The molecule has 0 aliphatic carbocycles. The molecule has 1 aromatic heterocycles. The maximum absolute atomic E-state index is 11.9. The van der Waals surface area contributed by atoms with Crippen molar-refractivity contribution in [1.82, 2.24) is 0 Å². The first kappa shape index (κ1) is 15.3. The Morgan fingerprint density at radius 1 is 1.26 bits per heavy atom. The molecule has 19 heavy (non-hydrogen) atoms. The first-order valence-electron chi connectivity index (χ1n) is 5.03. The first-order chi connectivity index (χ1) is 8.97. The fourth-order valence-corrected chi connectivity index (χ4v) is 4.00. The molecular weight excluding hydrogens is 439 g/mol. The van der Waals surface area contributed by atoms with Crippen LogP contribution >= 0.6 is 66.4 Å². The third kappa shape index (κ3) is 3.95. The van der Waals surface area contributed by atoms with Gasteiger partial charge in [-0.1, -0.05) is 39.1 Å². The molecule has 0 aliphatic rings. The van der Waals surface area contributed by atoms with Crippen molar-refractivity contribution in [3.63, 3.8) is 0 Å². The lowest BCUT2D eigenvalue weighted by molar-refractivity contribution is 0.0921. The molecule has 1 heterocycles. The maximum atomic E-state index is 11.9. The number of rotatable bonds is 4. The van der Waals surface area contributed by atoms with Crippen molar-refractivity contribution < 1.29 is 9.53 Å². The lowest BCUT2D eigenvalue weighted by Gasteiger charge is -2.07. The molecule has 100 valence electrons. The Balaban J connectivity index is 2.06. The summed E-state index contributed by atoms with van der Waals surface area (Å²) < 4.78 is 8.01. The predicted octanol–water partition coefficient (Wildman–Crippen LogP) is 5.84. The number of Topliss-reactive ketones (excluding diaryl/α,β-unsaturated/α-hetero) is 1. The number of ether oxygens (including phenoxy) is 1. The molecule has 7 heteroatoms. The molecule has 1 aromatic carbocycles. The Hall–Kier alpha value is -0.0700. The highest BCUT2D eigenvalue weighted by molar-refractivity contribution is 9.11.